The third kappa shape index (κ3) is 8.11. The molecule has 144 valence electrons. The van der Waals surface area contributed by atoms with Crippen molar-refractivity contribution in [3.05, 3.63) is 29.8 Å². The van der Waals surface area contributed by atoms with Crippen molar-refractivity contribution >= 4 is 23.5 Å². The minimum atomic E-state index is -0.678. The van der Waals surface area contributed by atoms with Crippen LogP contribution in [0.25, 0.3) is 0 Å². The molecular weight excluding hydrogens is 334 g/mol. The first-order valence-corrected chi connectivity index (χ1v) is 8.63. The molecule has 0 spiro atoms. The predicted octanol–water partition coefficient (Wildman–Crippen LogP) is 1.57. The maximum atomic E-state index is 12.2. The van der Waals surface area contributed by atoms with E-state index >= 15 is 0 Å². The van der Waals surface area contributed by atoms with Crippen molar-refractivity contribution in [3.8, 4) is 0 Å². The average Bonchev–Trinajstić information content (AvgIpc) is 2.54. The summed E-state index contributed by atoms with van der Waals surface area (Å²) in [6.45, 7) is 5.97. The van der Waals surface area contributed by atoms with E-state index in [1.54, 1.807) is 11.9 Å². The maximum absolute atomic E-state index is 12.2. The van der Waals surface area contributed by atoms with E-state index in [0.29, 0.717) is 12.1 Å². The molecule has 1 aromatic rings. The van der Waals surface area contributed by atoms with Crippen LogP contribution in [0.2, 0.25) is 0 Å². The molecule has 26 heavy (non-hydrogen) atoms. The Kier molecular flexibility index (Phi) is 8.78. The van der Waals surface area contributed by atoms with Gasteiger partial charge in [0.2, 0.25) is 11.8 Å². The Morgan fingerprint density at radius 3 is 2.19 bits per heavy atom. The van der Waals surface area contributed by atoms with Crippen LogP contribution in [0.15, 0.2) is 24.3 Å². The minimum Gasteiger partial charge on any atom is -0.467 e. The van der Waals surface area contributed by atoms with Gasteiger partial charge in [0.05, 0.1) is 20.2 Å². The van der Waals surface area contributed by atoms with Crippen molar-refractivity contribution in [1.29, 1.82) is 0 Å². The molecule has 0 saturated heterocycles. The summed E-state index contributed by atoms with van der Waals surface area (Å²) in [6, 6.07) is 6.80. The van der Waals surface area contributed by atoms with E-state index in [1.165, 1.54) is 7.11 Å². The first-order valence-electron chi connectivity index (χ1n) is 8.63. The molecule has 0 unspecified atom stereocenters. The third-order valence-electron chi connectivity index (χ3n) is 3.69. The highest BCUT2D eigenvalue weighted by Gasteiger charge is 2.23. The number of likely N-dealkylation sites (N-methyl/N-ethyl adjacent to an activating group) is 1. The van der Waals surface area contributed by atoms with Gasteiger partial charge in [-0.1, -0.05) is 31.5 Å². The molecule has 0 aromatic heterocycles. The van der Waals surface area contributed by atoms with Gasteiger partial charge in [-0.2, -0.15) is 0 Å². The lowest BCUT2D eigenvalue weighted by Crippen LogP contribution is -2.46. The molecule has 1 aromatic carbocycles. The lowest BCUT2D eigenvalue weighted by Gasteiger charge is -2.21. The van der Waals surface area contributed by atoms with Crippen molar-refractivity contribution in [1.82, 2.24) is 10.2 Å². The number of aryl methyl sites for hydroxylation is 1. The van der Waals surface area contributed by atoms with E-state index in [2.05, 4.69) is 10.6 Å². The first-order chi connectivity index (χ1) is 12.2. The number of nitrogens with one attached hydrogen (secondary N) is 2. The molecule has 0 aliphatic rings. The molecule has 2 amide bonds. The molecule has 7 heteroatoms. The van der Waals surface area contributed by atoms with Crippen LogP contribution in [0.5, 0.6) is 0 Å². The number of nitrogens with zero attached hydrogens (tertiary/aromatic N) is 1. The largest absolute Gasteiger partial charge is 0.467 e. The first kappa shape index (κ1) is 21.6. The Morgan fingerprint density at radius 1 is 1.08 bits per heavy atom. The summed E-state index contributed by atoms with van der Waals surface area (Å²) in [5.41, 5.74) is 1.82. The van der Waals surface area contributed by atoms with E-state index in [1.807, 2.05) is 45.0 Å². The van der Waals surface area contributed by atoms with E-state index in [4.69, 9.17) is 4.74 Å². The molecule has 0 heterocycles. The van der Waals surface area contributed by atoms with Gasteiger partial charge in [-0.25, -0.2) is 4.79 Å². The number of hydrogen-bond donors (Lipinski definition) is 2. The molecule has 0 saturated carbocycles. The lowest BCUT2D eigenvalue weighted by atomic mass is 10.0. The number of amides is 2. The van der Waals surface area contributed by atoms with Crippen LogP contribution in [0.1, 0.15) is 25.8 Å². The second-order valence-electron chi connectivity index (χ2n) is 6.86. The number of benzene rings is 1. The highest BCUT2D eigenvalue weighted by molar-refractivity contribution is 5.92. The van der Waals surface area contributed by atoms with Crippen molar-refractivity contribution < 1.29 is 19.1 Å². The normalized spacial score (nSPS) is 12.0. The molecule has 0 aliphatic carbocycles. The molecule has 0 fully saturated rings. The van der Waals surface area contributed by atoms with Crippen LogP contribution < -0.4 is 10.6 Å². The second-order valence-corrected chi connectivity index (χ2v) is 6.86. The number of carbonyl (C=O) groups is 3. The number of anilines is 1. The predicted molar refractivity (Wildman–Crippen MR) is 101 cm³/mol. The Bertz CT molecular complexity index is 614. The van der Waals surface area contributed by atoms with Gasteiger partial charge in [0.15, 0.2) is 0 Å². The molecule has 0 radical (unpaired) electrons. The summed E-state index contributed by atoms with van der Waals surface area (Å²) >= 11 is 0. The summed E-state index contributed by atoms with van der Waals surface area (Å²) in [6.07, 6.45) is 0.496. The Hall–Kier alpha value is -2.41. The Labute approximate surface area is 155 Å². The average molecular weight is 363 g/mol. The number of methoxy groups -OCH3 is 1. The maximum Gasteiger partial charge on any atom is 0.328 e. The van der Waals surface area contributed by atoms with Crippen LogP contribution in [0.4, 0.5) is 5.69 Å². The fourth-order valence-electron chi connectivity index (χ4n) is 2.45. The summed E-state index contributed by atoms with van der Waals surface area (Å²) in [5, 5.41) is 5.45. The summed E-state index contributed by atoms with van der Waals surface area (Å²) < 4.78 is 4.73. The SMILES string of the molecule is COC(=O)[C@@H](CC(C)C)NC(=O)CN(C)CC(=O)Nc1ccc(C)cc1. The standard InChI is InChI=1S/C19H29N3O4/c1-13(2)10-16(19(25)26-5)21-18(24)12-22(4)11-17(23)20-15-8-6-14(3)7-9-15/h6-9,13,16H,10-12H2,1-5H3,(H,20,23)(H,21,24)/t16-/m1/s1. The topological polar surface area (TPSA) is 87.7 Å². The monoisotopic (exact) mass is 363 g/mol. The van der Waals surface area contributed by atoms with Gasteiger partial charge in [0, 0.05) is 5.69 Å². The molecular formula is C19H29N3O4. The number of carbonyl (C=O) groups excluding carboxylic acids is 3. The fourth-order valence-corrected chi connectivity index (χ4v) is 2.45. The smallest absolute Gasteiger partial charge is 0.328 e. The molecule has 2 N–H and O–H groups in total. The molecule has 7 nitrogen and oxygen atoms in total. The Balaban J connectivity index is 2.48. The van der Waals surface area contributed by atoms with Crippen molar-refractivity contribution in [3.63, 3.8) is 0 Å². The Morgan fingerprint density at radius 2 is 1.65 bits per heavy atom. The van der Waals surface area contributed by atoms with Crippen molar-refractivity contribution in [2.24, 2.45) is 5.92 Å². The third-order valence-corrected chi connectivity index (χ3v) is 3.69. The van der Waals surface area contributed by atoms with Crippen LogP contribution >= 0.6 is 0 Å². The number of ether oxygens (including phenoxy) is 1. The fraction of sp³-hybridized carbons (Fsp3) is 0.526. The molecule has 0 bridgehead atoms. The van der Waals surface area contributed by atoms with E-state index in [0.717, 1.165) is 5.56 Å². The lowest BCUT2D eigenvalue weighted by molar-refractivity contribution is -0.145. The molecule has 1 rings (SSSR count). The van der Waals surface area contributed by atoms with Gasteiger partial charge in [-0.15, -0.1) is 0 Å². The minimum absolute atomic E-state index is 0.00685. The summed E-state index contributed by atoms with van der Waals surface area (Å²) in [4.78, 5) is 37.5. The van der Waals surface area contributed by atoms with Gasteiger partial charge in [-0.05, 0) is 38.4 Å². The summed E-state index contributed by atoms with van der Waals surface area (Å²) in [7, 11) is 2.97. The number of esters is 1. The van der Waals surface area contributed by atoms with Crippen molar-refractivity contribution in [2.45, 2.75) is 33.2 Å². The van der Waals surface area contributed by atoms with Crippen LogP contribution in [0.3, 0.4) is 0 Å². The number of hydrogen-bond acceptors (Lipinski definition) is 5. The van der Waals surface area contributed by atoms with Gasteiger partial charge in [-0.3, -0.25) is 14.5 Å². The number of rotatable bonds is 9. The van der Waals surface area contributed by atoms with Crippen LogP contribution in [-0.4, -0.2) is 56.0 Å². The van der Waals surface area contributed by atoms with E-state index < -0.39 is 12.0 Å². The van der Waals surface area contributed by atoms with Gasteiger partial charge < -0.3 is 15.4 Å². The van der Waals surface area contributed by atoms with Gasteiger partial charge in [0.25, 0.3) is 0 Å². The van der Waals surface area contributed by atoms with Crippen LogP contribution in [0, 0.1) is 12.8 Å². The zero-order valence-electron chi connectivity index (χ0n) is 16.2. The quantitative estimate of drug-likeness (QED) is 0.650. The molecule has 1 atom stereocenters. The second kappa shape index (κ2) is 10.6. The summed E-state index contributed by atoms with van der Waals surface area (Å²) in [5.74, 6) is -0.772. The van der Waals surface area contributed by atoms with E-state index in [9.17, 15) is 14.4 Å². The highest BCUT2D eigenvalue weighted by Crippen LogP contribution is 2.08. The molecule has 0 aliphatic heterocycles. The highest BCUT2D eigenvalue weighted by atomic mass is 16.5. The zero-order chi connectivity index (χ0) is 19.7. The van der Waals surface area contributed by atoms with Crippen molar-refractivity contribution in [2.75, 3.05) is 32.6 Å². The van der Waals surface area contributed by atoms with Gasteiger partial charge >= 0.3 is 5.97 Å². The zero-order valence-corrected chi connectivity index (χ0v) is 16.2. The van der Waals surface area contributed by atoms with Crippen LogP contribution in [-0.2, 0) is 19.1 Å². The van der Waals surface area contributed by atoms with E-state index in [-0.39, 0.29) is 30.8 Å². The van der Waals surface area contributed by atoms with Gasteiger partial charge in [0.1, 0.15) is 6.04 Å².